The van der Waals surface area contributed by atoms with Crippen LogP contribution in [0.1, 0.15) is 15.9 Å². The second-order valence-electron chi connectivity index (χ2n) is 3.66. The maximum Gasteiger partial charge on any atom is 0.256 e. The van der Waals surface area contributed by atoms with Gasteiger partial charge in [-0.3, -0.25) is 4.79 Å². The maximum absolute atomic E-state index is 12.0. The monoisotopic (exact) mass is 335 g/mol. The molecule has 0 atom stereocenters. The number of rotatable bonds is 2. The van der Waals surface area contributed by atoms with Gasteiger partial charge in [-0.15, -0.1) is 0 Å². The summed E-state index contributed by atoms with van der Waals surface area (Å²) in [4.78, 5) is 15.9. The van der Waals surface area contributed by atoms with E-state index in [-0.39, 0.29) is 5.91 Å². The Kier molecular flexibility index (Phi) is 4.15. The van der Waals surface area contributed by atoms with Crippen LogP contribution in [0.3, 0.4) is 0 Å². The van der Waals surface area contributed by atoms with Crippen molar-refractivity contribution in [1.82, 2.24) is 4.98 Å². The average Bonchev–Trinajstić information content (AvgIpc) is 2.38. The summed E-state index contributed by atoms with van der Waals surface area (Å²) >= 11 is 9.14. The van der Waals surface area contributed by atoms with Crippen molar-refractivity contribution in [2.45, 2.75) is 0 Å². The summed E-state index contributed by atoms with van der Waals surface area (Å²) in [5.41, 5.74) is 0.856. The predicted molar refractivity (Wildman–Crippen MR) is 76.1 cm³/mol. The van der Waals surface area contributed by atoms with Crippen molar-refractivity contribution in [3.63, 3.8) is 0 Å². The van der Waals surface area contributed by atoms with E-state index in [0.717, 1.165) is 4.47 Å². The number of nitrogens with one attached hydrogen (secondary N) is 1. The Morgan fingerprint density at radius 3 is 2.74 bits per heavy atom. The van der Waals surface area contributed by atoms with Crippen molar-refractivity contribution in [1.29, 1.82) is 5.26 Å². The van der Waals surface area contributed by atoms with Gasteiger partial charge in [0.05, 0.1) is 5.56 Å². The van der Waals surface area contributed by atoms with Crippen molar-refractivity contribution in [3.05, 3.63) is 57.2 Å². The van der Waals surface area contributed by atoms with E-state index < -0.39 is 0 Å². The molecule has 0 fully saturated rings. The Balaban J connectivity index is 2.18. The lowest BCUT2D eigenvalue weighted by atomic mass is 10.2. The van der Waals surface area contributed by atoms with Gasteiger partial charge in [0.15, 0.2) is 0 Å². The molecule has 0 aliphatic carbocycles. The number of hydrogen-bond acceptors (Lipinski definition) is 3. The van der Waals surface area contributed by atoms with Crippen LogP contribution in [-0.4, -0.2) is 10.9 Å². The second kappa shape index (κ2) is 5.83. The third kappa shape index (κ3) is 3.53. The predicted octanol–water partition coefficient (Wildman–Crippen LogP) is 3.62. The van der Waals surface area contributed by atoms with Crippen molar-refractivity contribution < 1.29 is 4.79 Å². The normalized spacial score (nSPS) is 9.74. The third-order valence-electron chi connectivity index (χ3n) is 2.26. The zero-order valence-corrected chi connectivity index (χ0v) is 11.9. The van der Waals surface area contributed by atoms with Gasteiger partial charge in [0.1, 0.15) is 11.9 Å². The zero-order valence-electron chi connectivity index (χ0n) is 9.52. The van der Waals surface area contributed by atoms with Gasteiger partial charge in [0.25, 0.3) is 5.91 Å². The Morgan fingerprint density at radius 1 is 1.37 bits per heavy atom. The van der Waals surface area contributed by atoms with Crippen LogP contribution in [0.2, 0.25) is 5.02 Å². The summed E-state index contributed by atoms with van der Waals surface area (Å²) in [6.45, 7) is 0. The van der Waals surface area contributed by atoms with Gasteiger partial charge >= 0.3 is 0 Å². The van der Waals surface area contributed by atoms with Crippen molar-refractivity contribution in [3.8, 4) is 6.07 Å². The summed E-state index contributed by atoms with van der Waals surface area (Å²) < 4.78 is 0.720. The van der Waals surface area contributed by atoms with E-state index in [4.69, 9.17) is 16.9 Å². The molecule has 94 valence electrons. The minimum Gasteiger partial charge on any atom is -0.307 e. The first-order valence-corrected chi connectivity index (χ1v) is 6.39. The Labute approximate surface area is 123 Å². The Hall–Kier alpha value is -1.90. The van der Waals surface area contributed by atoms with Gasteiger partial charge in [-0.05, 0) is 30.3 Å². The molecule has 19 heavy (non-hydrogen) atoms. The van der Waals surface area contributed by atoms with Crippen molar-refractivity contribution in [2.24, 2.45) is 0 Å². The van der Waals surface area contributed by atoms with Crippen LogP contribution in [0.15, 0.2) is 41.0 Å². The molecule has 0 spiro atoms. The van der Waals surface area contributed by atoms with Gasteiger partial charge in [0.2, 0.25) is 0 Å². The summed E-state index contributed by atoms with van der Waals surface area (Å²) in [6, 6.07) is 10.0. The first-order valence-electron chi connectivity index (χ1n) is 5.22. The van der Waals surface area contributed by atoms with Crippen LogP contribution in [0.5, 0.6) is 0 Å². The van der Waals surface area contributed by atoms with Crippen molar-refractivity contribution >= 4 is 39.3 Å². The van der Waals surface area contributed by atoms with Gasteiger partial charge in [-0.25, -0.2) is 4.98 Å². The summed E-state index contributed by atoms with van der Waals surface area (Å²) in [5, 5.41) is 11.7. The lowest BCUT2D eigenvalue weighted by molar-refractivity contribution is 0.102. The van der Waals surface area contributed by atoms with E-state index in [1.54, 1.807) is 30.3 Å². The van der Waals surface area contributed by atoms with Gasteiger partial charge in [-0.1, -0.05) is 27.5 Å². The molecular formula is C13H7BrClN3O. The van der Waals surface area contributed by atoms with E-state index in [1.807, 2.05) is 6.07 Å². The number of nitriles is 1. The first kappa shape index (κ1) is 13.5. The van der Waals surface area contributed by atoms with E-state index in [1.165, 1.54) is 6.20 Å². The molecule has 0 unspecified atom stereocenters. The Morgan fingerprint density at radius 2 is 2.16 bits per heavy atom. The molecule has 6 heteroatoms. The first-order chi connectivity index (χ1) is 9.08. The summed E-state index contributed by atoms with van der Waals surface area (Å²) in [6.07, 6.45) is 1.39. The maximum atomic E-state index is 12.0. The van der Waals surface area contributed by atoms with E-state index in [2.05, 4.69) is 26.2 Å². The van der Waals surface area contributed by atoms with Crippen LogP contribution in [0.4, 0.5) is 5.82 Å². The largest absolute Gasteiger partial charge is 0.307 e. The van der Waals surface area contributed by atoms with E-state index >= 15 is 0 Å². The average molecular weight is 337 g/mol. The fraction of sp³-hybridized carbons (Fsp3) is 0. The highest BCUT2D eigenvalue weighted by molar-refractivity contribution is 9.10. The molecule has 1 N–H and O–H groups in total. The minimum absolute atomic E-state index is 0.319. The standard InChI is InChI=1S/C13H7BrClN3O/c14-10-3-9(4-11(15)5-10)13(19)18-12-2-1-8(6-16)7-17-12/h1-5,7H,(H,17,18,19). The van der Waals surface area contributed by atoms with Crippen LogP contribution in [0.25, 0.3) is 0 Å². The third-order valence-corrected chi connectivity index (χ3v) is 2.93. The highest BCUT2D eigenvalue weighted by atomic mass is 79.9. The lowest BCUT2D eigenvalue weighted by Gasteiger charge is -2.05. The molecule has 0 bridgehead atoms. The van der Waals surface area contributed by atoms with Crippen molar-refractivity contribution in [2.75, 3.05) is 5.32 Å². The second-order valence-corrected chi connectivity index (χ2v) is 5.01. The smallest absolute Gasteiger partial charge is 0.256 e. The van der Waals surface area contributed by atoms with Crippen LogP contribution in [0, 0.1) is 11.3 Å². The number of amides is 1. The lowest BCUT2D eigenvalue weighted by Crippen LogP contribution is -2.12. The number of carbonyl (C=O) groups is 1. The molecule has 2 aromatic rings. The molecular weight excluding hydrogens is 330 g/mol. The van der Waals surface area contributed by atoms with Crippen LogP contribution in [-0.2, 0) is 0 Å². The molecule has 4 nitrogen and oxygen atoms in total. The molecule has 1 aromatic carbocycles. The fourth-order valence-electron chi connectivity index (χ4n) is 1.41. The van der Waals surface area contributed by atoms with Gasteiger partial charge in [0, 0.05) is 21.3 Å². The number of nitrogens with zero attached hydrogens (tertiary/aromatic N) is 2. The minimum atomic E-state index is -0.319. The summed E-state index contributed by atoms with van der Waals surface area (Å²) in [5.74, 6) is 0.0560. The topological polar surface area (TPSA) is 65.8 Å². The molecule has 0 saturated heterocycles. The molecule has 0 aliphatic heterocycles. The summed E-state index contributed by atoms with van der Waals surface area (Å²) in [7, 11) is 0. The highest BCUT2D eigenvalue weighted by Gasteiger charge is 2.08. The number of carbonyl (C=O) groups excluding carboxylic acids is 1. The number of hydrogen-bond donors (Lipinski definition) is 1. The number of benzene rings is 1. The fourth-order valence-corrected chi connectivity index (χ4v) is 2.27. The highest BCUT2D eigenvalue weighted by Crippen LogP contribution is 2.20. The van der Waals surface area contributed by atoms with Gasteiger partial charge in [-0.2, -0.15) is 5.26 Å². The molecule has 0 saturated carbocycles. The Bertz CT molecular complexity index is 644. The molecule has 1 amide bonds. The van der Waals surface area contributed by atoms with Crippen LogP contribution >= 0.6 is 27.5 Å². The van der Waals surface area contributed by atoms with E-state index in [9.17, 15) is 4.79 Å². The quantitative estimate of drug-likeness (QED) is 0.911. The van der Waals surface area contributed by atoms with Gasteiger partial charge < -0.3 is 5.32 Å². The molecule has 1 heterocycles. The molecule has 0 radical (unpaired) electrons. The molecule has 1 aromatic heterocycles. The molecule has 2 rings (SSSR count). The number of halogens is 2. The van der Waals surface area contributed by atoms with E-state index in [0.29, 0.717) is 22.0 Å². The molecule has 0 aliphatic rings. The number of pyridine rings is 1. The van der Waals surface area contributed by atoms with Crippen LogP contribution < -0.4 is 5.32 Å². The zero-order chi connectivity index (χ0) is 13.8. The number of anilines is 1. The SMILES string of the molecule is N#Cc1ccc(NC(=O)c2cc(Cl)cc(Br)c2)nc1. The number of aromatic nitrogens is 1.